The van der Waals surface area contributed by atoms with Crippen molar-refractivity contribution < 1.29 is 8.83 Å². The molecule has 0 aromatic carbocycles. The zero-order valence-corrected chi connectivity index (χ0v) is 11.1. The van der Waals surface area contributed by atoms with Crippen LogP contribution in [0.15, 0.2) is 64.0 Å². The molecule has 0 unspecified atom stereocenters. The molecule has 4 heterocycles. The summed E-state index contributed by atoms with van der Waals surface area (Å²) in [5, 5.41) is 7.75. The summed E-state index contributed by atoms with van der Waals surface area (Å²) in [6.45, 7) is 0.580. The highest BCUT2D eigenvalue weighted by Gasteiger charge is 2.10. The lowest BCUT2D eigenvalue weighted by atomic mass is 10.3. The minimum Gasteiger partial charge on any atom is -0.467 e. The molecular formula is C15H12N4O2. The fraction of sp³-hybridized carbons (Fsp3) is 0.0667. The van der Waals surface area contributed by atoms with Gasteiger partial charge in [-0.05, 0) is 36.4 Å². The van der Waals surface area contributed by atoms with Gasteiger partial charge in [0.2, 0.25) is 0 Å². The second-order valence-corrected chi connectivity index (χ2v) is 4.54. The van der Waals surface area contributed by atoms with E-state index in [1.165, 1.54) is 0 Å². The normalized spacial score (nSPS) is 11.0. The van der Waals surface area contributed by atoms with E-state index in [4.69, 9.17) is 8.83 Å². The molecule has 0 radical (unpaired) electrons. The van der Waals surface area contributed by atoms with Gasteiger partial charge in [0.25, 0.3) is 0 Å². The maximum absolute atomic E-state index is 5.41. The van der Waals surface area contributed by atoms with E-state index in [-0.39, 0.29) is 0 Å². The zero-order chi connectivity index (χ0) is 14.1. The maximum Gasteiger partial charge on any atom is 0.154 e. The summed E-state index contributed by atoms with van der Waals surface area (Å²) in [6, 6.07) is 11.3. The second-order valence-electron chi connectivity index (χ2n) is 4.54. The Morgan fingerprint density at radius 2 is 1.95 bits per heavy atom. The molecule has 0 saturated heterocycles. The summed E-state index contributed by atoms with van der Waals surface area (Å²) < 4.78 is 12.4. The minimum absolute atomic E-state index is 0.580. The second kappa shape index (κ2) is 4.82. The SMILES string of the molecule is c1coc(CNc2ccc3ncc(-c4ccco4)n3n2)c1. The van der Waals surface area contributed by atoms with E-state index >= 15 is 0 Å². The van der Waals surface area contributed by atoms with Crippen LogP contribution in [0.1, 0.15) is 5.76 Å². The molecule has 0 aliphatic heterocycles. The molecule has 21 heavy (non-hydrogen) atoms. The molecule has 6 heteroatoms. The van der Waals surface area contributed by atoms with Crippen LogP contribution < -0.4 is 5.32 Å². The summed E-state index contributed by atoms with van der Waals surface area (Å²) in [4.78, 5) is 4.32. The van der Waals surface area contributed by atoms with Gasteiger partial charge in [-0.15, -0.1) is 5.10 Å². The molecule has 4 aromatic heterocycles. The monoisotopic (exact) mass is 280 g/mol. The minimum atomic E-state index is 0.580. The van der Waals surface area contributed by atoms with Crippen molar-refractivity contribution in [3.63, 3.8) is 0 Å². The molecule has 4 aromatic rings. The summed E-state index contributed by atoms with van der Waals surface area (Å²) in [5.41, 5.74) is 1.58. The molecule has 1 N–H and O–H groups in total. The smallest absolute Gasteiger partial charge is 0.154 e. The van der Waals surface area contributed by atoms with E-state index in [0.717, 1.165) is 28.7 Å². The number of fused-ring (bicyclic) bond motifs is 1. The van der Waals surface area contributed by atoms with Crippen molar-refractivity contribution in [2.75, 3.05) is 5.32 Å². The quantitative estimate of drug-likeness (QED) is 0.621. The molecule has 0 aliphatic rings. The fourth-order valence-corrected chi connectivity index (χ4v) is 2.15. The Morgan fingerprint density at radius 1 is 1.05 bits per heavy atom. The standard InChI is InChI=1S/C15H12N4O2/c1-3-11(20-7-1)9-16-14-5-6-15-17-10-12(19(15)18-14)13-4-2-8-21-13/h1-8,10H,9H2,(H,16,18). The Kier molecular flexibility index (Phi) is 2.71. The molecule has 0 spiro atoms. The van der Waals surface area contributed by atoms with Gasteiger partial charge in [0, 0.05) is 0 Å². The lowest BCUT2D eigenvalue weighted by molar-refractivity contribution is 0.517. The number of hydrogen-bond acceptors (Lipinski definition) is 5. The third kappa shape index (κ3) is 2.16. The van der Waals surface area contributed by atoms with Crippen molar-refractivity contribution in [2.45, 2.75) is 6.54 Å². The third-order valence-corrected chi connectivity index (χ3v) is 3.16. The number of hydrogen-bond donors (Lipinski definition) is 1. The van der Waals surface area contributed by atoms with Gasteiger partial charge in [0.15, 0.2) is 11.4 Å². The van der Waals surface area contributed by atoms with Crippen molar-refractivity contribution >= 4 is 11.5 Å². The lowest BCUT2D eigenvalue weighted by Crippen LogP contribution is -2.03. The van der Waals surface area contributed by atoms with Crippen molar-refractivity contribution in [3.8, 4) is 11.5 Å². The highest BCUT2D eigenvalue weighted by Crippen LogP contribution is 2.21. The predicted molar refractivity (Wildman–Crippen MR) is 76.7 cm³/mol. The van der Waals surface area contributed by atoms with E-state index in [1.54, 1.807) is 23.2 Å². The highest BCUT2D eigenvalue weighted by atomic mass is 16.3. The van der Waals surface area contributed by atoms with Crippen molar-refractivity contribution in [1.82, 2.24) is 14.6 Å². The van der Waals surface area contributed by atoms with Crippen LogP contribution in [-0.2, 0) is 6.54 Å². The first-order chi connectivity index (χ1) is 10.4. The van der Waals surface area contributed by atoms with Gasteiger partial charge in [0.1, 0.15) is 17.3 Å². The number of nitrogens with zero attached hydrogens (tertiary/aromatic N) is 3. The molecule has 0 saturated carbocycles. The Hall–Kier alpha value is -3.02. The summed E-state index contributed by atoms with van der Waals surface area (Å²) >= 11 is 0. The summed E-state index contributed by atoms with van der Waals surface area (Å²) in [7, 11) is 0. The number of furan rings is 2. The van der Waals surface area contributed by atoms with Gasteiger partial charge in [0.05, 0.1) is 25.3 Å². The summed E-state index contributed by atoms with van der Waals surface area (Å²) in [6.07, 6.45) is 5.03. The first-order valence-electron chi connectivity index (χ1n) is 6.55. The van der Waals surface area contributed by atoms with Crippen LogP contribution in [0.25, 0.3) is 17.1 Å². The predicted octanol–water partition coefficient (Wildman–Crippen LogP) is 3.19. The Bertz CT molecular complexity index is 847. The molecule has 0 fully saturated rings. The highest BCUT2D eigenvalue weighted by molar-refractivity contribution is 5.58. The fourth-order valence-electron chi connectivity index (χ4n) is 2.15. The van der Waals surface area contributed by atoms with Crippen LogP contribution in [0.5, 0.6) is 0 Å². The molecule has 6 nitrogen and oxygen atoms in total. The van der Waals surface area contributed by atoms with Gasteiger partial charge in [-0.25, -0.2) is 9.50 Å². The van der Waals surface area contributed by atoms with E-state index in [0.29, 0.717) is 6.54 Å². The van der Waals surface area contributed by atoms with E-state index in [1.807, 2.05) is 36.4 Å². The average Bonchev–Trinajstić information content (AvgIpc) is 3.24. The van der Waals surface area contributed by atoms with Crippen molar-refractivity contribution in [1.29, 1.82) is 0 Å². The number of aromatic nitrogens is 3. The average molecular weight is 280 g/mol. The molecular weight excluding hydrogens is 268 g/mol. The van der Waals surface area contributed by atoms with E-state index in [2.05, 4.69) is 15.4 Å². The topological polar surface area (TPSA) is 68.5 Å². The molecule has 0 bridgehead atoms. The van der Waals surface area contributed by atoms with E-state index in [9.17, 15) is 0 Å². The van der Waals surface area contributed by atoms with Crippen LogP contribution in [0.4, 0.5) is 5.82 Å². The Morgan fingerprint density at radius 3 is 2.76 bits per heavy atom. The van der Waals surface area contributed by atoms with Crippen molar-refractivity contribution in [3.05, 3.63) is 60.9 Å². The van der Waals surface area contributed by atoms with Gasteiger partial charge < -0.3 is 14.2 Å². The van der Waals surface area contributed by atoms with Crippen molar-refractivity contribution in [2.24, 2.45) is 0 Å². The number of nitrogens with one attached hydrogen (secondary N) is 1. The lowest BCUT2D eigenvalue weighted by Gasteiger charge is -2.04. The molecule has 104 valence electrons. The van der Waals surface area contributed by atoms with Gasteiger partial charge in [-0.2, -0.15) is 0 Å². The number of anilines is 1. The van der Waals surface area contributed by atoms with Crippen LogP contribution in [0.3, 0.4) is 0 Å². The van der Waals surface area contributed by atoms with Gasteiger partial charge >= 0.3 is 0 Å². The number of imidazole rings is 1. The van der Waals surface area contributed by atoms with Gasteiger partial charge in [-0.1, -0.05) is 0 Å². The Labute approximate surface area is 120 Å². The van der Waals surface area contributed by atoms with Crippen LogP contribution in [0, 0.1) is 0 Å². The zero-order valence-electron chi connectivity index (χ0n) is 11.1. The van der Waals surface area contributed by atoms with Crippen LogP contribution in [0.2, 0.25) is 0 Å². The largest absolute Gasteiger partial charge is 0.467 e. The number of rotatable bonds is 4. The summed E-state index contributed by atoms with van der Waals surface area (Å²) in [5.74, 6) is 2.33. The molecule has 4 rings (SSSR count). The van der Waals surface area contributed by atoms with Crippen LogP contribution >= 0.6 is 0 Å². The molecule has 0 amide bonds. The molecule has 0 aliphatic carbocycles. The third-order valence-electron chi connectivity index (χ3n) is 3.16. The first kappa shape index (κ1) is 11.8. The molecule has 0 atom stereocenters. The maximum atomic E-state index is 5.41. The van der Waals surface area contributed by atoms with Gasteiger partial charge in [-0.3, -0.25) is 0 Å². The van der Waals surface area contributed by atoms with E-state index < -0.39 is 0 Å². The first-order valence-corrected chi connectivity index (χ1v) is 6.55. The van der Waals surface area contributed by atoms with Crippen LogP contribution in [-0.4, -0.2) is 14.6 Å². The Balaban J connectivity index is 1.67.